The number of rotatable bonds is 2. The van der Waals surface area contributed by atoms with E-state index in [4.69, 9.17) is 4.98 Å². The van der Waals surface area contributed by atoms with Crippen LogP contribution in [0.2, 0.25) is 0 Å². The van der Waals surface area contributed by atoms with Crippen LogP contribution in [0.15, 0.2) is 16.9 Å². The van der Waals surface area contributed by atoms with Crippen molar-refractivity contribution in [3.05, 3.63) is 33.7 Å². The first kappa shape index (κ1) is 16.9. The van der Waals surface area contributed by atoms with Crippen molar-refractivity contribution in [1.82, 2.24) is 9.97 Å². The second-order valence-corrected chi connectivity index (χ2v) is 10.1. The van der Waals surface area contributed by atoms with E-state index in [0.717, 1.165) is 31.0 Å². The molecule has 7 heteroatoms. The molecule has 4 saturated carbocycles. The molecule has 3 heterocycles. The van der Waals surface area contributed by atoms with Gasteiger partial charge < -0.3 is 10.1 Å². The Morgan fingerprint density at radius 2 is 1.79 bits per heavy atom. The molecule has 4 aliphatic rings. The molecule has 3 aromatic rings. The molecule has 4 bridgehead atoms. The number of nitrogens with one attached hydrogen (secondary N) is 1. The van der Waals surface area contributed by atoms with Gasteiger partial charge in [-0.2, -0.15) is 0 Å². The van der Waals surface area contributed by atoms with E-state index >= 15 is 0 Å². The Kier molecular flexibility index (Phi) is 3.33. The van der Waals surface area contributed by atoms with Crippen molar-refractivity contribution in [3.8, 4) is 5.75 Å². The van der Waals surface area contributed by atoms with Gasteiger partial charge in [0.15, 0.2) is 0 Å². The summed E-state index contributed by atoms with van der Waals surface area (Å²) < 4.78 is 28.6. The van der Waals surface area contributed by atoms with Gasteiger partial charge in [0.25, 0.3) is 12.0 Å². The van der Waals surface area contributed by atoms with Crippen molar-refractivity contribution >= 4 is 31.8 Å². The highest BCUT2D eigenvalue weighted by atomic mass is 32.1. The number of thiophene rings is 1. The van der Waals surface area contributed by atoms with Crippen LogP contribution in [0, 0.1) is 17.8 Å². The number of halogens is 2. The molecule has 0 spiro atoms. The number of aromatic hydroxyl groups is 1. The number of aromatic amines is 1. The molecule has 0 aromatic carbocycles. The number of hydrogen-bond donors (Lipinski definition) is 2. The molecule has 7 rings (SSSR count). The largest absolute Gasteiger partial charge is 0.506 e. The summed E-state index contributed by atoms with van der Waals surface area (Å²) in [6.45, 7) is 0. The third kappa shape index (κ3) is 2.25. The van der Waals surface area contributed by atoms with Crippen molar-refractivity contribution < 1.29 is 13.9 Å². The van der Waals surface area contributed by atoms with E-state index in [1.54, 1.807) is 6.07 Å². The molecule has 146 valence electrons. The molecular weight excluding hydrogens is 382 g/mol. The lowest BCUT2D eigenvalue weighted by molar-refractivity contribution is -0.00717. The minimum absolute atomic E-state index is 0.0803. The van der Waals surface area contributed by atoms with Gasteiger partial charge in [-0.05, 0) is 62.3 Å². The summed E-state index contributed by atoms with van der Waals surface area (Å²) >= 11 is 1.18. The van der Waals surface area contributed by atoms with Gasteiger partial charge in [0.1, 0.15) is 10.6 Å². The lowest BCUT2D eigenvalue weighted by atomic mass is 9.48. The van der Waals surface area contributed by atoms with Gasteiger partial charge in [-0.3, -0.25) is 4.79 Å². The second kappa shape index (κ2) is 5.53. The van der Waals surface area contributed by atoms with E-state index in [1.165, 1.54) is 30.6 Å². The average Bonchev–Trinajstić information content (AvgIpc) is 2.98. The highest BCUT2D eigenvalue weighted by Gasteiger charge is 2.52. The first-order valence-corrected chi connectivity index (χ1v) is 10.7. The summed E-state index contributed by atoms with van der Waals surface area (Å²) in [7, 11) is 0. The summed E-state index contributed by atoms with van der Waals surface area (Å²) in [6.07, 6.45) is 4.32. The number of hydrogen-bond acceptors (Lipinski definition) is 4. The van der Waals surface area contributed by atoms with Crippen LogP contribution < -0.4 is 5.56 Å². The quantitative estimate of drug-likeness (QED) is 0.615. The summed E-state index contributed by atoms with van der Waals surface area (Å²) in [5, 5.41) is 10.4. The number of fused-ring (bicyclic) bond motifs is 3. The maximum Gasteiger partial charge on any atom is 0.264 e. The van der Waals surface area contributed by atoms with E-state index in [9.17, 15) is 18.7 Å². The second-order valence-electron chi connectivity index (χ2n) is 9.10. The summed E-state index contributed by atoms with van der Waals surface area (Å²) in [5.74, 6) is 1.91. The molecule has 4 fully saturated rings. The SMILES string of the molecule is O=c1cc(O)c2sc3nc(C45CC6CC(CC(C6)C4)C5)cc(C(F)F)c3c2[nH]1. The maximum absolute atomic E-state index is 14.1. The molecule has 0 unspecified atom stereocenters. The van der Waals surface area contributed by atoms with Crippen molar-refractivity contribution in [2.24, 2.45) is 17.8 Å². The first-order chi connectivity index (χ1) is 13.4. The molecule has 0 amide bonds. The summed E-state index contributed by atoms with van der Waals surface area (Å²) in [4.78, 5) is 19.8. The normalized spacial score (nSPS) is 31.5. The van der Waals surface area contributed by atoms with E-state index in [0.29, 0.717) is 27.3 Å². The number of aromatic nitrogens is 2. The molecule has 4 nitrogen and oxygen atoms in total. The van der Waals surface area contributed by atoms with Gasteiger partial charge in [-0.15, -0.1) is 11.3 Å². The van der Waals surface area contributed by atoms with Crippen LogP contribution >= 0.6 is 11.3 Å². The zero-order chi connectivity index (χ0) is 19.2. The molecule has 28 heavy (non-hydrogen) atoms. The van der Waals surface area contributed by atoms with Crippen molar-refractivity contribution in [1.29, 1.82) is 0 Å². The van der Waals surface area contributed by atoms with Crippen LogP contribution in [-0.2, 0) is 5.41 Å². The van der Waals surface area contributed by atoms with E-state index < -0.39 is 12.0 Å². The fourth-order valence-electron chi connectivity index (χ4n) is 6.64. The topological polar surface area (TPSA) is 66.0 Å². The fraction of sp³-hybridized carbons (Fsp3) is 0.524. The van der Waals surface area contributed by atoms with Crippen LogP contribution in [0.25, 0.3) is 20.4 Å². The van der Waals surface area contributed by atoms with Gasteiger partial charge in [-0.1, -0.05) is 0 Å². The average molecular weight is 402 g/mol. The smallest absolute Gasteiger partial charge is 0.264 e. The lowest BCUT2D eigenvalue weighted by Gasteiger charge is -2.56. The minimum atomic E-state index is -2.66. The van der Waals surface area contributed by atoms with E-state index in [2.05, 4.69) is 4.98 Å². The minimum Gasteiger partial charge on any atom is -0.506 e. The summed E-state index contributed by atoms with van der Waals surface area (Å²) in [5.41, 5.74) is 0.393. The number of H-pyrrole nitrogens is 1. The zero-order valence-electron chi connectivity index (χ0n) is 15.2. The monoisotopic (exact) mass is 402 g/mol. The fourth-order valence-corrected chi connectivity index (χ4v) is 7.72. The standard InChI is InChI=1S/C21H20F2N2O2S/c22-19(23)12-4-14(21-6-9-1-10(7-21)3-11(2-9)8-21)24-20-16(12)17-18(28-20)13(26)5-15(27)25-17/h4-5,9-11,19H,1-3,6-8H2,(H2,25,26,27). The van der Waals surface area contributed by atoms with Gasteiger partial charge in [0.2, 0.25) is 0 Å². The Balaban J connectivity index is 1.62. The van der Waals surface area contributed by atoms with E-state index in [-0.39, 0.29) is 27.6 Å². The Bertz CT molecular complexity index is 1150. The van der Waals surface area contributed by atoms with Crippen LogP contribution in [0.3, 0.4) is 0 Å². The third-order valence-corrected chi connectivity index (χ3v) is 8.36. The highest BCUT2D eigenvalue weighted by Crippen LogP contribution is 2.61. The van der Waals surface area contributed by atoms with Crippen molar-refractivity contribution in [2.45, 2.75) is 50.4 Å². The molecular formula is C21H20F2N2O2S. The number of alkyl halides is 2. The number of pyridine rings is 2. The molecule has 0 radical (unpaired) electrons. The van der Waals surface area contributed by atoms with Crippen LogP contribution in [0.5, 0.6) is 5.75 Å². The molecule has 4 aliphatic carbocycles. The molecule has 2 N–H and O–H groups in total. The lowest BCUT2D eigenvalue weighted by Crippen LogP contribution is -2.49. The molecule has 0 saturated heterocycles. The predicted octanol–water partition coefficient (Wildman–Crippen LogP) is 5.25. The van der Waals surface area contributed by atoms with E-state index in [1.807, 2.05) is 0 Å². The van der Waals surface area contributed by atoms with Gasteiger partial charge in [0, 0.05) is 28.1 Å². The Hall–Kier alpha value is -2.02. The molecule has 0 atom stereocenters. The van der Waals surface area contributed by atoms with Gasteiger partial charge >= 0.3 is 0 Å². The van der Waals surface area contributed by atoms with Crippen LogP contribution in [0.4, 0.5) is 8.78 Å². The first-order valence-electron chi connectivity index (χ1n) is 9.90. The van der Waals surface area contributed by atoms with Gasteiger partial charge in [0.05, 0.1) is 10.2 Å². The maximum atomic E-state index is 14.1. The van der Waals surface area contributed by atoms with Crippen LogP contribution in [0.1, 0.15) is 56.2 Å². The third-order valence-electron chi connectivity index (χ3n) is 7.26. The molecule has 0 aliphatic heterocycles. The predicted molar refractivity (Wildman–Crippen MR) is 104 cm³/mol. The van der Waals surface area contributed by atoms with Crippen molar-refractivity contribution in [3.63, 3.8) is 0 Å². The highest BCUT2D eigenvalue weighted by molar-refractivity contribution is 7.25. The summed E-state index contributed by atoms with van der Waals surface area (Å²) in [6, 6.07) is 2.68. The number of nitrogens with zero attached hydrogens (tertiary/aromatic N) is 1. The van der Waals surface area contributed by atoms with Crippen molar-refractivity contribution in [2.75, 3.05) is 0 Å². The van der Waals surface area contributed by atoms with Gasteiger partial charge in [-0.25, -0.2) is 13.8 Å². The van der Waals surface area contributed by atoms with Crippen LogP contribution in [-0.4, -0.2) is 15.1 Å². The Morgan fingerprint density at radius 3 is 2.39 bits per heavy atom. The molecule has 3 aromatic heterocycles. The Labute approximate surface area is 163 Å². The Morgan fingerprint density at radius 1 is 1.14 bits per heavy atom. The zero-order valence-corrected chi connectivity index (χ0v) is 16.0.